The summed E-state index contributed by atoms with van der Waals surface area (Å²) < 4.78 is 5.67. The number of carbonyl (C=O) groups excluding carboxylic acids is 3. The van der Waals surface area contributed by atoms with Crippen molar-refractivity contribution >= 4 is 45.2 Å². The molecule has 3 aliphatic rings. The average Bonchev–Trinajstić information content (AvgIpc) is 3.37. The summed E-state index contributed by atoms with van der Waals surface area (Å²) in [5.41, 5.74) is 5.84. The molecule has 1 spiro atoms. The first-order valence-corrected chi connectivity index (χ1v) is 12.6. The molecular weight excluding hydrogens is 480 g/mol. The quantitative estimate of drug-likeness (QED) is 0.311. The van der Waals surface area contributed by atoms with Crippen LogP contribution in [-0.4, -0.2) is 39.0 Å². The minimum absolute atomic E-state index is 0.0828. The lowest BCUT2D eigenvalue weighted by Crippen LogP contribution is -2.34. The number of nitrogens with one attached hydrogen (secondary N) is 3. The predicted molar refractivity (Wildman–Crippen MR) is 141 cm³/mol. The number of aryl methyl sites for hydroxylation is 1. The largest absolute Gasteiger partial charge is 0.451 e. The summed E-state index contributed by atoms with van der Waals surface area (Å²) in [5.74, 6) is -0.0310. The molecule has 8 rings (SSSR count). The first-order chi connectivity index (χ1) is 18.4. The van der Waals surface area contributed by atoms with Crippen molar-refractivity contribution in [3.05, 3.63) is 101 Å². The number of amides is 2. The second kappa shape index (κ2) is 7.13. The van der Waals surface area contributed by atoms with Gasteiger partial charge in [0.25, 0.3) is 11.8 Å². The zero-order valence-electron chi connectivity index (χ0n) is 20.4. The number of para-hydroxylation sites is 1. The summed E-state index contributed by atoms with van der Waals surface area (Å²) in [4.78, 5) is 47.4. The fraction of sp³-hybridized carbons (Fsp3) is 0.167. The highest BCUT2D eigenvalue weighted by molar-refractivity contribution is 6.10. The number of allylic oxidation sites excluding steroid dienone is 2. The predicted octanol–water partition coefficient (Wildman–Crippen LogP) is 5.30. The number of H-pyrrole nitrogens is 2. The van der Waals surface area contributed by atoms with E-state index in [1.54, 1.807) is 29.2 Å². The highest BCUT2D eigenvalue weighted by atomic mass is 16.3. The van der Waals surface area contributed by atoms with Gasteiger partial charge in [-0.3, -0.25) is 14.4 Å². The Morgan fingerprint density at radius 1 is 1.11 bits per heavy atom. The summed E-state index contributed by atoms with van der Waals surface area (Å²) in [7, 11) is 0. The molecule has 2 aliphatic carbocycles. The van der Waals surface area contributed by atoms with Crippen LogP contribution in [0.2, 0.25) is 0 Å². The molecule has 1 saturated carbocycles. The number of ketones is 1. The highest BCUT2D eigenvalue weighted by Gasteiger charge is 2.68. The molecule has 2 amide bonds. The van der Waals surface area contributed by atoms with Gasteiger partial charge in [0, 0.05) is 51.9 Å². The Balaban J connectivity index is 1.07. The molecule has 2 fully saturated rings. The maximum atomic E-state index is 13.7. The molecule has 3 aromatic heterocycles. The van der Waals surface area contributed by atoms with Crippen LogP contribution >= 0.6 is 0 Å². The molecule has 1 saturated heterocycles. The Hall–Kier alpha value is -4.85. The van der Waals surface area contributed by atoms with Crippen molar-refractivity contribution in [3.63, 3.8) is 0 Å². The zero-order valence-corrected chi connectivity index (χ0v) is 20.4. The number of likely N-dealkylation sites (tertiary alicyclic amines) is 1. The van der Waals surface area contributed by atoms with Gasteiger partial charge in [0.15, 0.2) is 5.76 Å². The molecule has 38 heavy (non-hydrogen) atoms. The number of fused-ring (bicyclic) bond motifs is 3. The summed E-state index contributed by atoms with van der Waals surface area (Å²) in [6, 6.07) is 16.4. The van der Waals surface area contributed by atoms with E-state index in [1.807, 2.05) is 49.5 Å². The minimum Gasteiger partial charge on any atom is -0.451 e. The first kappa shape index (κ1) is 21.3. The SMILES string of the molecule is Cc1c[nH]c2c1C13CC1CN(C(=O)c1cc4cc(NC(=O)c5cc6ccccc6o5)ccc4[nH]1)C3=CC2=O. The summed E-state index contributed by atoms with van der Waals surface area (Å²) in [6.45, 7) is 2.61. The number of hydrogen-bond donors (Lipinski definition) is 3. The number of anilines is 1. The van der Waals surface area contributed by atoms with E-state index in [0.29, 0.717) is 35.1 Å². The zero-order chi connectivity index (χ0) is 25.8. The smallest absolute Gasteiger partial charge is 0.291 e. The lowest BCUT2D eigenvalue weighted by Gasteiger charge is -2.28. The number of nitrogens with zero attached hydrogens (tertiary/aromatic N) is 1. The van der Waals surface area contributed by atoms with E-state index in [4.69, 9.17) is 4.42 Å². The fourth-order valence-corrected chi connectivity index (χ4v) is 6.50. The van der Waals surface area contributed by atoms with Crippen LogP contribution in [0.25, 0.3) is 21.9 Å². The maximum absolute atomic E-state index is 13.7. The van der Waals surface area contributed by atoms with Crippen LogP contribution in [0.5, 0.6) is 0 Å². The van der Waals surface area contributed by atoms with Crippen LogP contribution in [0.1, 0.15) is 49.1 Å². The summed E-state index contributed by atoms with van der Waals surface area (Å²) in [5, 5.41) is 4.54. The van der Waals surface area contributed by atoms with Crippen LogP contribution in [0.4, 0.5) is 5.69 Å². The van der Waals surface area contributed by atoms with Crippen molar-refractivity contribution in [1.29, 1.82) is 0 Å². The van der Waals surface area contributed by atoms with Crippen LogP contribution in [0.15, 0.2) is 77.0 Å². The molecule has 3 N–H and O–H groups in total. The molecule has 1 aliphatic heterocycles. The van der Waals surface area contributed by atoms with E-state index >= 15 is 0 Å². The maximum Gasteiger partial charge on any atom is 0.291 e. The number of rotatable bonds is 3. The number of aromatic nitrogens is 2. The van der Waals surface area contributed by atoms with E-state index in [9.17, 15) is 14.4 Å². The topological polar surface area (TPSA) is 111 Å². The number of aromatic amines is 2. The molecule has 0 bridgehead atoms. The van der Waals surface area contributed by atoms with Crippen LogP contribution in [-0.2, 0) is 5.41 Å². The standard InChI is InChI=1S/C30H22N4O4/c1-15-13-31-27-22(35)11-25-30(26(15)27)12-18(30)14-34(25)29(37)21-9-17-8-19(6-7-20(17)33-21)32-28(36)24-10-16-4-2-3-5-23(16)38-24/h2-11,13,18,31,33H,12,14H2,1H3,(H,32,36). The Labute approximate surface area is 216 Å². The summed E-state index contributed by atoms with van der Waals surface area (Å²) >= 11 is 0. The molecule has 4 heterocycles. The van der Waals surface area contributed by atoms with Gasteiger partial charge >= 0.3 is 0 Å². The highest BCUT2D eigenvalue weighted by Crippen LogP contribution is 2.67. The van der Waals surface area contributed by atoms with Gasteiger partial charge in [0.05, 0.1) is 5.69 Å². The van der Waals surface area contributed by atoms with Crippen LogP contribution < -0.4 is 5.32 Å². The lowest BCUT2D eigenvalue weighted by atomic mass is 9.83. The van der Waals surface area contributed by atoms with Gasteiger partial charge in [-0.2, -0.15) is 0 Å². The van der Waals surface area contributed by atoms with Gasteiger partial charge in [-0.25, -0.2) is 0 Å². The Bertz CT molecular complexity index is 1870. The Morgan fingerprint density at radius 3 is 2.84 bits per heavy atom. The molecule has 2 atom stereocenters. The van der Waals surface area contributed by atoms with Gasteiger partial charge in [0.1, 0.15) is 11.3 Å². The second-order valence-corrected chi connectivity index (χ2v) is 10.5. The monoisotopic (exact) mass is 502 g/mol. The Morgan fingerprint density at radius 2 is 1.97 bits per heavy atom. The third kappa shape index (κ3) is 2.77. The van der Waals surface area contributed by atoms with E-state index < -0.39 is 0 Å². The third-order valence-corrected chi connectivity index (χ3v) is 8.30. The second-order valence-electron chi connectivity index (χ2n) is 10.5. The lowest BCUT2D eigenvalue weighted by molar-refractivity contribution is 0.0806. The molecule has 8 heteroatoms. The van der Waals surface area contributed by atoms with Crippen molar-refractivity contribution in [2.75, 3.05) is 11.9 Å². The van der Waals surface area contributed by atoms with Crippen molar-refractivity contribution in [2.45, 2.75) is 18.8 Å². The van der Waals surface area contributed by atoms with Crippen LogP contribution in [0, 0.1) is 12.8 Å². The summed E-state index contributed by atoms with van der Waals surface area (Å²) in [6.07, 6.45) is 4.48. The van der Waals surface area contributed by atoms with E-state index in [0.717, 1.165) is 39.5 Å². The minimum atomic E-state index is -0.345. The van der Waals surface area contributed by atoms with Crippen LogP contribution in [0.3, 0.4) is 0 Å². The fourth-order valence-electron chi connectivity index (χ4n) is 6.50. The normalized spacial score (nSPS) is 21.3. The number of furan rings is 1. The van der Waals surface area contributed by atoms with E-state index in [1.165, 1.54) is 0 Å². The van der Waals surface area contributed by atoms with Crippen molar-refractivity contribution in [3.8, 4) is 0 Å². The van der Waals surface area contributed by atoms with Crippen molar-refractivity contribution in [2.24, 2.45) is 5.92 Å². The number of carbonyl (C=O) groups is 3. The van der Waals surface area contributed by atoms with Gasteiger partial charge in [-0.05, 0) is 66.8 Å². The molecule has 2 aromatic carbocycles. The molecular formula is C30H22N4O4. The van der Waals surface area contributed by atoms with E-state index in [2.05, 4.69) is 15.3 Å². The number of hydrogen-bond acceptors (Lipinski definition) is 4. The molecule has 8 nitrogen and oxygen atoms in total. The molecule has 2 unspecified atom stereocenters. The van der Waals surface area contributed by atoms with Gasteiger partial charge in [-0.15, -0.1) is 0 Å². The van der Waals surface area contributed by atoms with Gasteiger partial charge in [-0.1, -0.05) is 18.2 Å². The van der Waals surface area contributed by atoms with Gasteiger partial charge < -0.3 is 24.6 Å². The molecule has 186 valence electrons. The molecule has 0 radical (unpaired) electrons. The molecule has 5 aromatic rings. The average molecular weight is 503 g/mol. The third-order valence-electron chi connectivity index (χ3n) is 8.30. The number of piperidine rings is 1. The van der Waals surface area contributed by atoms with Gasteiger partial charge in [0.2, 0.25) is 5.78 Å². The van der Waals surface area contributed by atoms with Crippen molar-refractivity contribution in [1.82, 2.24) is 14.9 Å². The van der Waals surface area contributed by atoms with E-state index in [-0.39, 0.29) is 28.8 Å². The van der Waals surface area contributed by atoms with Crippen molar-refractivity contribution < 1.29 is 18.8 Å². The Kier molecular flexibility index (Phi) is 3.99. The number of benzene rings is 2. The first-order valence-electron chi connectivity index (χ1n) is 12.6.